The monoisotopic (exact) mass is 374 g/mol. The van der Waals surface area contributed by atoms with E-state index in [4.69, 9.17) is 5.73 Å². The molecule has 0 aliphatic carbocycles. The highest BCUT2D eigenvalue weighted by Crippen LogP contribution is 2.32. The molecule has 0 aliphatic heterocycles. The number of fused-ring (bicyclic) bond motifs is 2. The second kappa shape index (κ2) is 10.8. The first kappa shape index (κ1) is 20.3. The van der Waals surface area contributed by atoms with Crippen molar-refractivity contribution in [2.24, 2.45) is 5.73 Å². The van der Waals surface area contributed by atoms with Crippen LogP contribution in [0.5, 0.6) is 0 Å². The third-order valence-electron chi connectivity index (χ3n) is 5.22. The average Bonchev–Trinajstić information content (AvgIpc) is 2.74. The molecule has 0 saturated heterocycles. The Bertz CT molecular complexity index is 885. The topological polar surface area (TPSA) is 73.9 Å². The molecule has 0 radical (unpaired) electrons. The van der Waals surface area contributed by atoms with Gasteiger partial charge in [-0.1, -0.05) is 48.5 Å². The summed E-state index contributed by atoms with van der Waals surface area (Å²) in [6, 6.07) is 18.9. The summed E-state index contributed by atoms with van der Waals surface area (Å²) in [7, 11) is 0. The average molecular weight is 375 g/mol. The van der Waals surface area contributed by atoms with Gasteiger partial charge in [0.1, 0.15) is 6.07 Å². The summed E-state index contributed by atoms with van der Waals surface area (Å²) in [6.45, 7) is 4.72. The Balaban J connectivity index is 1.63. The molecule has 0 heterocycles. The van der Waals surface area contributed by atoms with E-state index in [1.807, 2.05) is 12.1 Å². The fourth-order valence-electron chi connectivity index (χ4n) is 3.76. The number of hydrogen-bond acceptors (Lipinski definition) is 4. The molecular formula is C24H30N4. The van der Waals surface area contributed by atoms with Crippen LogP contribution in [0.15, 0.2) is 48.5 Å². The number of nitrogens with one attached hydrogen (secondary N) is 2. The van der Waals surface area contributed by atoms with Crippen LogP contribution in [0.25, 0.3) is 21.5 Å². The molecule has 0 atom stereocenters. The van der Waals surface area contributed by atoms with Gasteiger partial charge in [0, 0.05) is 17.3 Å². The molecule has 146 valence electrons. The molecule has 0 fully saturated rings. The summed E-state index contributed by atoms with van der Waals surface area (Å²) < 4.78 is 0. The van der Waals surface area contributed by atoms with E-state index in [1.54, 1.807) is 0 Å². The lowest BCUT2D eigenvalue weighted by Gasteiger charge is -2.14. The minimum absolute atomic E-state index is 0.774. The van der Waals surface area contributed by atoms with Gasteiger partial charge in [-0.25, -0.2) is 0 Å². The zero-order chi connectivity index (χ0) is 19.6. The van der Waals surface area contributed by atoms with Crippen LogP contribution in [-0.2, 0) is 6.54 Å². The van der Waals surface area contributed by atoms with Crippen molar-refractivity contribution in [3.63, 3.8) is 0 Å². The molecule has 0 amide bonds. The van der Waals surface area contributed by atoms with E-state index in [1.165, 1.54) is 22.8 Å². The van der Waals surface area contributed by atoms with Crippen LogP contribution in [0.1, 0.15) is 36.8 Å². The minimum Gasteiger partial charge on any atom is -0.330 e. The maximum absolute atomic E-state index is 9.71. The Morgan fingerprint density at radius 2 is 1.21 bits per heavy atom. The maximum atomic E-state index is 9.71. The number of nitrogens with zero attached hydrogens (tertiary/aromatic N) is 1. The zero-order valence-corrected chi connectivity index (χ0v) is 16.5. The van der Waals surface area contributed by atoms with Crippen molar-refractivity contribution in [3.05, 3.63) is 59.7 Å². The van der Waals surface area contributed by atoms with Crippen LogP contribution in [0, 0.1) is 11.3 Å². The summed E-state index contributed by atoms with van der Waals surface area (Å²) in [5.74, 6) is 0. The van der Waals surface area contributed by atoms with E-state index >= 15 is 0 Å². The van der Waals surface area contributed by atoms with Crippen LogP contribution >= 0.6 is 0 Å². The molecule has 4 nitrogen and oxygen atoms in total. The fourth-order valence-corrected chi connectivity index (χ4v) is 3.76. The van der Waals surface area contributed by atoms with Gasteiger partial charge >= 0.3 is 0 Å². The Labute approximate surface area is 167 Å². The van der Waals surface area contributed by atoms with Crippen molar-refractivity contribution in [2.75, 3.05) is 26.2 Å². The van der Waals surface area contributed by atoms with E-state index in [0.29, 0.717) is 0 Å². The van der Waals surface area contributed by atoms with Gasteiger partial charge in [0.05, 0.1) is 5.56 Å². The predicted molar refractivity (Wildman–Crippen MR) is 118 cm³/mol. The van der Waals surface area contributed by atoms with Gasteiger partial charge in [0.15, 0.2) is 0 Å². The van der Waals surface area contributed by atoms with Crippen molar-refractivity contribution in [1.29, 1.82) is 5.26 Å². The Kier molecular flexibility index (Phi) is 7.81. The van der Waals surface area contributed by atoms with E-state index < -0.39 is 0 Å². The van der Waals surface area contributed by atoms with Crippen LogP contribution in [0.3, 0.4) is 0 Å². The maximum Gasteiger partial charge on any atom is 0.100 e. The third-order valence-corrected chi connectivity index (χ3v) is 5.22. The number of rotatable bonds is 11. The molecular weight excluding hydrogens is 344 g/mol. The Hall–Kier alpha value is -2.45. The van der Waals surface area contributed by atoms with Crippen LogP contribution in [0.2, 0.25) is 0 Å². The van der Waals surface area contributed by atoms with Crippen molar-refractivity contribution >= 4 is 21.5 Å². The van der Waals surface area contributed by atoms with Crippen LogP contribution in [-0.4, -0.2) is 26.2 Å². The summed E-state index contributed by atoms with van der Waals surface area (Å²) in [6.07, 6.45) is 4.58. The zero-order valence-electron chi connectivity index (χ0n) is 16.5. The summed E-state index contributed by atoms with van der Waals surface area (Å²) in [5, 5.41) is 21.2. The van der Waals surface area contributed by atoms with Gasteiger partial charge in [-0.05, 0) is 68.2 Å². The first-order valence-electron chi connectivity index (χ1n) is 10.3. The lowest BCUT2D eigenvalue weighted by molar-refractivity contribution is 0.569. The van der Waals surface area contributed by atoms with E-state index in [2.05, 4.69) is 53.1 Å². The Morgan fingerprint density at radius 3 is 1.75 bits per heavy atom. The normalized spacial score (nSPS) is 11.1. The molecule has 0 unspecified atom stereocenters. The highest BCUT2D eigenvalue weighted by Gasteiger charge is 2.12. The van der Waals surface area contributed by atoms with Gasteiger partial charge in [-0.3, -0.25) is 0 Å². The number of unbranched alkanes of at least 4 members (excludes halogenated alkanes) is 2. The highest BCUT2D eigenvalue weighted by atomic mass is 14.9. The van der Waals surface area contributed by atoms with Crippen LogP contribution < -0.4 is 16.4 Å². The lowest BCUT2D eigenvalue weighted by atomic mass is 9.92. The first-order valence-corrected chi connectivity index (χ1v) is 10.3. The van der Waals surface area contributed by atoms with E-state index in [9.17, 15) is 5.26 Å². The van der Waals surface area contributed by atoms with Gasteiger partial charge < -0.3 is 16.4 Å². The van der Waals surface area contributed by atoms with E-state index in [0.717, 1.165) is 68.3 Å². The van der Waals surface area contributed by atoms with Gasteiger partial charge in [-0.15, -0.1) is 0 Å². The molecule has 4 heteroatoms. The summed E-state index contributed by atoms with van der Waals surface area (Å²) in [5.41, 5.74) is 7.56. The van der Waals surface area contributed by atoms with Crippen molar-refractivity contribution < 1.29 is 0 Å². The number of hydrogen-bond donors (Lipinski definition) is 3. The molecule has 4 N–H and O–H groups in total. The molecule has 3 rings (SSSR count). The second-order valence-corrected chi connectivity index (χ2v) is 7.19. The van der Waals surface area contributed by atoms with Gasteiger partial charge in [-0.2, -0.15) is 5.26 Å². The quantitative estimate of drug-likeness (QED) is 0.349. The molecule has 0 spiro atoms. The molecule has 0 saturated carbocycles. The van der Waals surface area contributed by atoms with Crippen molar-refractivity contribution in [3.8, 4) is 6.07 Å². The summed E-state index contributed by atoms with van der Waals surface area (Å²) >= 11 is 0. The predicted octanol–water partition coefficient (Wildman–Crippen LogP) is 4.06. The molecule has 0 aromatic heterocycles. The van der Waals surface area contributed by atoms with Crippen molar-refractivity contribution in [2.45, 2.75) is 32.2 Å². The molecule has 0 bridgehead atoms. The number of nitrogens with two attached hydrogens (primary N) is 1. The van der Waals surface area contributed by atoms with Gasteiger partial charge in [0.25, 0.3) is 0 Å². The van der Waals surface area contributed by atoms with E-state index in [-0.39, 0.29) is 0 Å². The standard InChI is InChI=1S/C24H30N4/c25-13-5-6-14-27-15-7-8-16-28-18-24-21-11-3-1-9-19(21)23(17-26)20-10-2-4-12-22(20)24/h1-4,9-12,27-28H,5-8,13-16,18,25H2. The molecule has 28 heavy (non-hydrogen) atoms. The number of nitriles is 1. The summed E-state index contributed by atoms with van der Waals surface area (Å²) in [4.78, 5) is 0. The number of benzene rings is 3. The highest BCUT2D eigenvalue weighted by molar-refractivity contribution is 6.07. The smallest absolute Gasteiger partial charge is 0.100 e. The lowest BCUT2D eigenvalue weighted by Crippen LogP contribution is -2.20. The largest absolute Gasteiger partial charge is 0.330 e. The molecule has 3 aromatic carbocycles. The minimum atomic E-state index is 0.774. The Morgan fingerprint density at radius 1 is 0.714 bits per heavy atom. The molecule has 3 aromatic rings. The van der Waals surface area contributed by atoms with Crippen molar-refractivity contribution in [1.82, 2.24) is 10.6 Å². The first-order chi connectivity index (χ1) is 13.9. The fraction of sp³-hybridized carbons (Fsp3) is 0.375. The molecule has 0 aliphatic rings. The van der Waals surface area contributed by atoms with Gasteiger partial charge in [0.2, 0.25) is 0 Å². The van der Waals surface area contributed by atoms with Crippen LogP contribution in [0.4, 0.5) is 0 Å². The SMILES string of the molecule is N#Cc1c2ccccc2c(CNCCCCNCCCCN)c2ccccc12. The third kappa shape index (κ3) is 4.88. The second-order valence-electron chi connectivity index (χ2n) is 7.19.